The standard InChI is InChI=1S/C62H68O8/c1-59(2,3)49-33-41-37-67-51-21-13-45(14-22-51)61(29-9-7-10-30-61)47-17-25-53(26-18-47)69-39-43-35-50(60(4,5)6)36-44(56(43)58(65)66)40-70-54-27-19-48(20-28-54)62(31-11-8-12-32-62)46-15-23-52(24-16-46)68-38-42(34-49)55(41)57(63)64/h13-28,33-36H,7-12,29-32,37-40H2,1-6H3,(H,63,64)(H,65,66). The van der Waals surface area contributed by atoms with Gasteiger partial charge in [0.1, 0.15) is 49.4 Å². The molecule has 6 aromatic rings. The Morgan fingerprint density at radius 3 is 0.814 bits per heavy atom. The third kappa shape index (κ3) is 10.1. The van der Waals surface area contributed by atoms with Crippen LogP contribution in [-0.4, -0.2) is 22.2 Å². The maximum atomic E-state index is 13.1. The Morgan fingerprint density at radius 2 is 0.614 bits per heavy atom. The summed E-state index contributed by atoms with van der Waals surface area (Å²) in [6.45, 7) is 13.1. The number of rotatable bonds is 2. The lowest BCUT2D eigenvalue weighted by molar-refractivity contribution is 0.0680. The lowest BCUT2D eigenvalue weighted by Gasteiger charge is -2.39. The monoisotopic (exact) mass is 940 g/mol. The first-order valence-electron chi connectivity index (χ1n) is 25.2. The van der Waals surface area contributed by atoms with Crippen LogP contribution in [0.5, 0.6) is 23.0 Å². The molecule has 8 heteroatoms. The molecule has 2 fully saturated rings. The minimum atomic E-state index is -1.01. The van der Waals surface area contributed by atoms with Crippen LogP contribution in [0.15, 0.2) is 121 Å². The van der Waals surface area contributed by atoms with Crippen molar-refractivity contribution in [3.05, 3.63) is 188 Å². The van der Waals surface area contributed by atoms with E-state index in [1.165, 1.54) is 35.1 Å². The van der Waals surface area contributed by atoms with Gasteiger partial charge in [-0.2, -0.15) is 0 Å². The first kappa shape index (κ1) is 48.5. The van der Waals surface area contributed by atoms with E-state index >= 15 is 0 Å². The summed E-state index contributed by atoms with van der Waals surface area (Å²) in [5.74, 6) is 0.630. The Bertz CT molecular complexity index is 2470. The van der Waals surface area contributed by atoms with Gasteiger partial charge in [-0.25, -0.2) is 9.59 Å². The fraction of sp³-hybridized carbons (Fsp3) is 0.387. The van der Waals surface area contributed by atoms with E-state index in [2.05, 4.69) is 90.1 Å². The molecule has 0 radical (unpaired) electrons. The summed E-state index contributed by atoms with van der Waals surface area (Å²) in [6, 6.07) is 41.2. The molecular weight excluding hydrogens is 873 g/mol. The van der Waals surface area contributed by atoms with Crippen LogP contribution < -0.4 is 18.9 Å². The summed E-state index contributed by atoms with van der Waals surface area (Å²) in [5.41, 5.74) is 8.77. The maximum absolute atomic E-state index is 13.1. The highest BCUT2D eigenvalue weighted by Gasteiger charge is 2.37. The second kappa shape index (κ2) is 19.7. The van der Waals surface area contributed by atoms with E-state index in [0.717, 1.165) is 62.5 Å². The van der Waals surface area contributed by atoms with Crippen molar-refractivity contribution in [1.29, 1.82) is 0 Å². The van der Waals surface area contributed by atoms with Crippen LogP contribution in [0, 0.1) is 0 Å². The summed E-state index contributed by atoms with van der Waals surface area (Å²) in [4.78, 5) is 26.2. The Hall–Kier alpha value is -6.54. The van der Waals surface area contributed by atoms with E-state index in [0.29, 0.717) is 45.3 Å². The molecule has 15 rings (SSSR count). The van der Waals surface area contributed by atoms with Crippen LogP contribution in [0.25, 0.3) is 0 Å². The fourth-order valence-corrected chi connectivity index (χ4v) is 11.3. The van der Waals surface area contributed by atoms with Crippen LogP contribution in [0.1, 0.15) is 182 Å². The van der Waals surface area contributed by atoms with Crippen molar-refractivity contribution in [2.24, 2.45) is 0 Å². The fourth-order valence-electron chi connectivity index (χ4n) is 11.3. The van der Waals surface area contributed by atoms with Gasteiger partial charge in [0, 0.05) is 33.1 Å². The van der Waals surface area contributed by atoms with Crippen molar-refractivity contribution >= 4 is 11.9 Å². The average Bonchev–Trinajstić information content (AvgIpc) is 3.35. The molecule has 8 nitrogen and oxygen atoms in total. The number of hydrogen-bond acceptors (Lipinski definition) is 6. The maximum Gasteiger partial charge on any atom is 0.336 e. The van der Waals surface area contributed by atoms with Crippen LogP contribution >= 0.6 is 0 Å². The van der Waals surface area contributed by atoms with Crippen LogP contribution in [-0.2, 0) is 48.1 Å². The number of carboxylic acid groups (broad SMARTS) is 2. The zero-order valence-electron chi connectivity index (χ0n) is 41.8. The number of aromatic carboxylic acids is 2. The molecule has 7 aliphatic heterocycles. The minimum Gasteiger partial charge on any atom is -0.489 e. The van der Waals surface area contributed by atoms with Crippen molar-refractivity contribution in [3.63, 3.8) is 0 Å². The Morgan fingerprint density at radius 1 is 0.386 bits per heavy atom. The van der Waals surface area contributed by atoms with Crippen molar-refractivity contribution in [2.45, 2.75) is 154 Å². The largest absolute Gasteiger partial charge is 0.489 e. The van der Waals surface area contributed by atoms with Gasteiger partial charge < -0.3 is 29.2 Å². The van der Waals surface area contributed by atoms with Crippen molar-refractivity contribution in [1.82, 2.24) is 0 Å². The molecule has 0 saturated heterocycles. The lowest BCUT2D eigenvalue weighted by atomic mass is 9.65. The molecule has 12 bridgehead atoms. The molecular formula is C62H68O8. The van der Waals surface area contributed by atoms with Crippen molar-refractivity contribution < 1.29 is 38.7 Å². The normalized spacial score (nSPS) is 17.1. The zero-order chi connectivity index (χ0) is 49.3. The molecule has 0 aromatic heterocycles. The number of carbonyl (C=O) groups is 2. The van der Waals surface area contributed by atoms with Gasteiger partial charge in [-0.15, -0.1) is 0 Å². The average molecular weight is 941 g/mol. The van der Waals surface area contributed by atoms with Gasteiger partial charge in [-0.3, -0.25) is 0 Å². The zero-order valence-corrected chi connectivity index (χ0v) is 41.8. The molecule has 6 aromatic carbocycles. The van der Waals surface area contributed by atoms with Gasteiger partial charge in [0.25, 0.3) is 0 Å². The minimum absolute atomic E-state index is 0.0875. The summed E-state index contributed by atoms with van der Waals surface area (Å²) in [5, 5.41) is 21.5. The van der Waals surface area contributed by atoms with Crippen molar-refractivity contribution in [2.75, 3.05) is 0 Å². The predicted molar refractivity (Wildman–Crippen MR) is 275 cm³/mol. The van der Waals surface area contributed by atoms with Gasteiger partial charge in [-0.05, 0) is 118 Å². The molecule has 2 N–H and O–H groups in total. The van der Waals surface area contributed by atoms with E-state index in [-0.39, 0.29) is 59.2 Å². The first-order valence-corrected chi connectivity index (χ1v) is 25.2. The summed E-state index contributed by atoms with van der Waals surface area (Å²) < 4.78 is 25.8. The van der Waals surface area contributed by atoms with Gasteiger partial charge in [0.05, 0.1) is 11.1 Å². The second-order valence-electron chi connectivity index (χ2n) is 22.0. The molecule has 2 aliphatic carbocycles. The van der Waals surface area contributed by atoms with Crippen LogP contribution in [0.2, 0.25) is 0 Å². The van der Waals surface area contributed by atoms with Crippen molar-refractivity contribution in [3.8, 4) is 23.0 Å². The Kier molecular flexibility index (Phi) is 13.6. The lowest BCUT2D eigenvalue weighted by Crippen LogP contribution is -2.30. The molecule has 0 unspecified atom stereocenters. The van der Waals surface area contributed by atoms with Gasteiger partial charge >= 0.3 is 11.9 Å². The molecule has 7 heterocycles. The molecule has 9 aliphatic rings. The van der Waals surface area contributed by atoms with Gasteiger partial charge in [0.15, 0.2) is 0 Å². The van der Waals surface area contributed by atoms with E-state index in [9.17, 15) is 19.8 Å². The molecule has 364 valence electrons. The highest BCUT2D eigenvalue weighted by molar-refractivity contribution is 5.92. The predicted octanol–water partition coefficient (Wildman–Crippen LogP) is 14.8. The number of hydrogen-bond donors (Lipinski definition) is 2. The summed E-state index contributed by atoms with van der Waals surface area (Å²) >= 11 is 0. The number of benzene rings is 6. The molecule has 2 saturated carbocycles. The number of carboxylic acids is 2. The second-order valence-corrected chi connectivity index (χ2v) is 22.0. The molecule has 70 heavy (non-hydrogen) atoms. The first-order chi connectivity index (χ1) is 33.5. The summed E-state index contributed by atoms with van der Waals surface area (Å²) in [6.07, 6.45) is 10.8. The van der Waals surface area contributed by atoms with E-state index in [4.69, 9.17) is 18.9 Å². The topological polar surface area (TPSA) is 112 Å². The van der Waals surface area contributed by atoms with Gasteiger partial charge in [0.2, 0.25) is 0 Å². The molecule has 2 spiro atoms. The smallest absolute Gasteiger partial charge is 0.336 e. The highest BCUT2D eigenvalue weighted by atomic mass is 16.5. The van der Waals surface area contributed by atoms with Gasteiger partial charge in [-0.1, -0.05) is 153 Å². The van der Waals surface area contributed by atoms with E-state index in [1.807, 2.05) is 72.8 Å². The third-order valence-electron chi connectivity index (χ3n) is 15.4. The van der Waals surface area contributed by atoms with E-state index in [1.54, 1.807) is 0 Å². The number of ether oxygens (including phenoxy) is 4. The van der Waals surface area contributed by atoms with Crippen LogP contribution in [0.3, 0.4) is 0 Å². The van der Waals surface area contributed by atoms with Crippen LogP contribution in [0.4, 0.5) is 0 Å². The molecule has 0 amide bonds. The quantitative estimate of drug-likeness (QED) is 0.177. The Labute approximate surface area is 414 Å². The molecule has 0 atom stereocenters. The summed E-state index contributed by atoms with van der Waals surface area (Å²) in [7, 11) is 0. The third-order valence-corrected chi connectivity index (χ3v) is 15.4. The van der Waals surface area contributed by atoms with E-state index < -0.39 is 11.9 Å². The Balaban J connectivity index is 1.11. The SMILES string of the molecule is CC(C)(C)c1cc2c(C(=O)O)c(c1)COc1ccc(cc1)C1(CCCCC1)c1ccc(cc1)OCc1cc(C(C)(C)C)cc(c1C(=O)O)COc1ccc(cc1)C1(CCCCC1)c1ccc(cc1)OC2. The highest BCUT2D eigenvalue weighted by Crippen LogP contribution is 2.47.